The lowest BCUT2D eigenvalue weighted by molar-refractivity contribution is -0.143. The molecule has 2 unspecified atom stereocenters. The number of ether oxygens (including phenoxy) is 1. The summed E-state index contributed by atoms with van der Waals surface area (Å²) in [5, 5.41) is 23.3. The zero-order valence-corrected chi connectivity index (χ0v) is 54.6. The Labute approximate surface area is 501 Å². The molecule has 1 amide bonds. The summed E-state index contributed by atoms with van der Waals surface area (Å²) in [5.74, 6) is -0.00677. The van der Waals surface area contributed by atoms with Gasteiger partial charge in [0.05, 0.1) is 25.4 Å². The number of aliphatic hydroxyl groups is 2. The quantitative estimate of drug-likeness (QED) is 0.0320. The maximum absolute atomic E-state index is 12.5. The predicted molar refractivity (Wildman–Crippen MR) is 352 cm³/mol. The molecule has 0 aromatic heterocycles. The van der Waals surface area contributed by atoms with E-state index in [1.807, 2.05) is 0 Å². The van der Waals surface area contributed by atoms with Crippen molar-refractivity contribution in [3.05, 3.63) is 12.2 Å². The first-order chi connectivity index (χ1) is 39.5. The molecule has 6 nitrogen and oxygen atoms in total. The van der Waals surface area contributed by atoms with E-state index < -0.39 is 12.1 Å². The summed E-state index contributed by atoms with van der Waals surface area (Å²) in [6.07, 6.45) is 87.1. The number of carbonyl (C=O) groups is 2. The van der Waals surface area contributed by atoms with Crippen LogP contribution in [0.15, 0.2) is 12.2 Å². The normalized spacial score (nSPS) is 12.5. The molecule has 0 rings (SSSR count). The number of hydrogen-bond acceptors (Lipinski definition) is 5. The summed E-state index contributed by atoms with van der Waals surface area (Å²) >= 11 is 0. The highest BCUT2D eigenvalue weighted by atomic mass is 16.5. The largest absolute Gasteiger partial charge is 0.466 e. The number of unbranched alkanes of at least 4 members (excludes halogenated alkanes) is 57. The van der Waals surface area contributed by atoms with E-state index in [1.54, 1.807) is 0 Å². The van der Waals surface area contributed by atoms with E-state index in [-0.39, 0.29) is 18.5 Å². The topological polar surface area (TPSA) is 95.9 Å². The van der Waals surface area contributed by atoms with E-state index in [0.717, 1.165) is 38.5 Å². The molecule has 0 bridgehead atoms. The first-order valence-electron chi connectivity index (χ1n) is 36.9. The van der Waals surface area contributed by atoms with Crippen molar-refractivity contribution in [2.75, 3.05) is 13.2 Å². The number of hydrogen-bond donors (Lipinski definition) is 3. The Kier molecular flexibility index (Phi) is 68.9. The van der Waals surface area contributed by atoms with Crippen molar-refractivity contribution in [1.82, 2.24) is 5.32 Å². The molecule has 0 aromatic rings. The molecule has 6 heteroatoms. The lowest BCUT2D eigenvalue weighted by Crippen LogP contribution is -2.45. The molecule has 80 heavy (non-hydrogen) atoms. The molecule has 476 valence electrons. The van der Waals surface area contributed by atoms with Gasteiger partial charge in [0.25, 0.3) is 0 Å². The zero-order valence-electron chi connectivity index (χ0n) is 54.6. The average Bonchev–Trinajstić information content (AvgIpc) is 3.46. The van der Waals surface area contributed by atoms with Gasteiger partial charge in [-0.15, -0.1) is 0 Å². The maximum atomic E-state index is 12.5. The predicted octanol–water partition coefficient (Wildman–Crippen LogP) is 23.9. The Bertz CT molecular complexity index is 1210. The molecule has 0 aliphatic heterocycles. The third-order valence-corrected chi connectivity index (χ3v) is 17.6. The van der Waals surface area contributed by atoms with Gasteiger partial charge in [-0.2, -0.15) is 0 Å². The highest BCUT2D eigenvalue weighted by Gasteiger charge is 2.20. The second-order valence-electron chi connectivity index (χ2n) is 25.6. The van der Waals surface area contributed by atoms with Crippen molar-refractivity contribution >= 4 is 11.9 Å². The second-order valence-corrected chi connectivity index (χ2v) is 25.6. The van der Waals surface area contributed by atoms with E-state index in [4.69, 9.17) is 4.74 Å². The number of aliphatic hydroxyl groups excluding tert-OH is 2. The van der Waals surface area contributed by atoms with Crippen molar-refractivity contribution in [3.63, 3.8) is 0 Å². The van der Waals surface area contributed by atoms with Crippen molar-refractivity contribution in [2.45, 2.75) is 437 Å². The van der Waals surface area contributed by atoms with Crippen LogP contribution >= 0.6 is 0 Å². The Morgan fingerprint density at radius 2 is 0.588 bits per heavy atom. The minimum Gasteiger partial charge on any atom is -0.466 e. The van der Waals surface area contributed by atoms with Crippen LogP contribution in [0.4, 0.5) is 0 Å². The lowest BCUT2D eigenvalue weighted by Gasteiger charge is -2.22. The fourth-order valence-corrected chi connectivity index (χ4v) is 11.9. The Balaban J connectivity index is 3.29. The number of allylic oxidation sites excluding steroid dienone is 2. The smallest absolute Gasteiger partial charge is 0.305 e. The number of rotatable bonds is 70. The van der Waals surface area contributed by atoms with Gasteiger partial charge < -0.3 is 20.3 Å². The molecule has 0 heterocycles. The molecule has 0 spiro atoms. The Morgan fingerprint density at radius 3 is 0.887 bits per heavy atom. The summed E-state index contributed by atoms with van der Waals surface area (Å²) in [5.41, 5.74) is 0. The van der Waals surface area contributed by atoms with Crippen LogP contribution in [0.5, 0.6) is 0 Å². The van der Waals surface area contributed by atoms with E-state index in [2.05, 4.69) is 31.3 Å². The molecule has 0 aliphatic rings. The number of esters is 1. The van der Waals surface area contributed by atoms with Gasteiger partial charge in [0.15, 0.2) is 0 Å². The van der Waals surface area contributed by atoms with Crippen molar-refractivity contribution in [2.24, 2.45) is 0 Å². The van der Waals surface area contributed by atoms with Crippen LogP contribution in [0.1, 0.15) is 425 Å². The first kappa shape index (κ1) is 78.6. The first-order valence-corrected chi connectivity index (χ1v) is 36.9. The van der Waals surface area contributed by atoms with Gasteiger partial charge in [0.1, 0.15) is 0 Å². The van der Waals surface area contributed by atoms with Crippen LogP contribution in [0.25, 0.3) is 0 Å². The van der Waals surface area contributed by atoms with Crippen molar-refractivity contribution in [3.8, 4) is 0 Å². The molecule has 0 saturated carbocycles. The second kappa shape index (κ2) is 70.1. The van der Waals surface area contributed by atoms with Crippen LogP contribution in [0.3, 0.4) is 0 Å². The standard InChI is InChI=1S/C74H145NO5/c1-3-5-7-9-11-13-15-17-18-19-33-37-40-44-48-52-56-60-64-68-74(79)80-69-65-61-57-53-49-45-41-38-35-32-30-28-26-24-22-20-21-23-25-27-29-31-34-36-39-43-47-51-55-59-63-67-73(78)75-71(70-76)72(77)66-62-58-54-50-46-42-16-14-12-10-8-6-4-2/h17-18,71-72,76-77H,3-16,19-70H2,1-2H3,(H,75,78)/b18-17-. The molecule has 3 N–H and O–H groups in total. The molecule has 0 fully saturated rings. The molecule has 0 saturated heterocycles. The number of amides is 1. The van der Waals surface area contributed by atoms with E-state index in [1.165, 1.54) is 353 Å². The van der Waals surface area contributed by atoms with Gasteiger partial charge in [-0.3, -0.25) is 9.59 Å². The van der Waals surface area contributed by atoms with E-state index in [9.17, 15) is 19.8 Å². The van der Waals surface area contributed by atoms with Gasteiger partial charge in [-0.1, -0.05) is 373 Å². The maximum Gasteiger partial charge on any atom is 0.305 e. The van der Waals surface area contributed by atoms with Gasteiger partial charge >= 0.3 is 5.97 Å². The third-order valence-electron chi connectivity index (χ3n) is 17.6. The van der Waals surface area contributed by atoms with Crippen molar-refractivity contribution in [1.29, 1.82) is 0 Å². The minimum atomic E-state index is -0.660. The summed E-state index contributed by atoms with van der Waals surface area (Å²) < 4.78 is 5.52. The average molecular weight is 1130 g/mol. The van der Waals surface area contributed by atoms with E-state index in [0.29, 0.717) is 25.9 Å². The van der Waals surface area contributed by atoms with Crippen LogP contribution in [-0.4, -0.2) is 47.4 Å². The molecule has 0 aliphatic carbocycles. The Hall–Kier alpha value is -1.40. The third kappa shape index (κ3) is 65.7. The molecule has 2 atom stereocenters. The van der Waals surface area contributed by atoms with Gasteiger partial charge in [-0.25, -0.2) is 0 Å². The van der Waals surface area contributed by atoms with Gasteiger partial charge in [0, 0.05) is 12.8 Å². The fourth-order valence-electron chi connectivity index (χ4n) is 11.9. The highest BCUT2D eigenvalue weighted by molar-refractivity contribution is 5.76. The zero-order chi connectivity index (χ0) is 57.8. The number of carbonyl (C=O) groups excluding carboxylic acids is 2. The van der Waals surface area contributed by atoms with Crippen LogP contribution in [0, 0.1) is 0 Å². The molecule has 0 radical (unpaired) electrons. The summed E-state index contributed by atoms with van der Waals surface area (Å²) in [6, 6.07) is -0.537. The fraction of sp³-hybridized carbons (Fsp3) is 0.946. The van der Waals surface area contributed by atoms with Crippen LogP contribution in [-0.2, 0) is 14.3 Å². The van der Waals surface area contributed by atoms with E-state index >= 15 is 0 Å². The summed E-state index contributed by atoms with van der Waals surface area (Å²) in [7, 11) is 0. The molecular weight excluding hydrogens is 983 g/mol. The minimum absolute atomic E-state index is 0.0213. The highest BCUT2D eigenvalue weighted by Crippen LogP contribution is 2.20. The number of nitrogens with one attached hydrogen (secondary N) is 1. The van der Waals surface area contributed by atoms with Crippen LogP contribution in [0.2, 0.25) is 0 Å². The van der Waals surface area contributed by atoms with Gasteiger partial charge in [-0.05, 0) is 51.4 Å². The summed E-state index contributed by atoms with van der Waals surface area (Å²) in [4.78, 5) is 24.6. The lowest BCUT2D eigenvalue weighted by atomic mass is 10.0. The SMILES string of the molecule is CCCCCCCC/C=C\CCCCCCCCCCCC(=O)OCCCCCCCCCCCCCCCCCCCCCCCCCCCCCCCCCC(=O)NC(CO)C(O)CCCCCCCCCCCCCCC. The van der Waals surface area contributed by atoms with Gasteiger partial charge in [0.2, 0.25) is 5.91 Å². The molecular formula is C74H145NO5. The summed E-state index contributed by atoms with van der Waals surface area (Å²) in [6.45, 7) is 4.99. The monoisotopic (exact) mass is 1130 g/mol. The van der Waals surface area contributed by atoms with Crippen molar-refractivity contribution < 1.29 is 24.5 Å². The molecule has 0 aromatic carbocycles. The van der Waals surface area contributed by atoms with Crippen LogP contribution < -0.4 is 5.32 Å². The Morgan fingerprint density at radius 1 is 0.338 bits per heavy atom.